The average molecular weight is 378 g/mol. The van der Waals surface area contributed by atoms with Crippen LogP contribution in [0.2, 0.25) is 0 Å². The third-order valence-corrected chi connectivity index (χ3v) is 5.65. The molecule has 0 aliphatic carbocycles. The van der Waals surface area contributed by atoms with Crippen molar-refractivity contribution in [3.05, 3.63) is 39.7 Å². The molecule has 26 heavy (non-hydrogen) atoms. The van der Waals surface area contributed by atoms with Gasteiger partial charge in [-0.05, 0) is 39.1 Å². The Morgan fingerprint density at radius 2 is 2.08 bits per heavy atom. The third kappa shape index (κ3) is 5.57. The van der Waals surface area contributed by atoms with E-state index in [9.17, 15) is 0 Å². The number of aryl methyl sites for hydroxylation is 2. The highest BCUT2D eigenvalue weighted by molar-refractivity contribution is 7.11. The van der Waals surface area contributed by atoms with E-state index in [-0.39, 0.29) is 6.04 Å². The first-order valence-corrected chi connectivity index (χ1v) is 10.1. The van der Waals surface area contributed by atoms with Gasteiger partial charge >= 0.3 is 0 Å². The van der Waals surface area contributed by atoms with E-state index in [1.54, 1.807) is 24.6 Å². The summed E-state index contributed by atoms with van der Waals surface area (Å²) in [6.45, 7) is 12.0. The Morgan fingerprint density at radius 1 is 1.31 bits per heavy atom. The fourth-order valence-electron chi connectivity index (χ4n) is 2.90. The van der Waals surface area contributed by atoms with Crippen molar-refractivity contribution in [2.45, 2.75) is 40.2 Å². The van der Waals surface area contributed by atoms with Gasteiger partial charge in [0, 0.05) is 31.4 Å². The van der Waals surface area contributed by atoms with Crippen molar-refractivity contribution in [1.82, 2.24) is 20.5 Å². The molecule has 7 heteroatoms. The summed E-state index contributed by atoms with van der Waals surface area (Å²) in [7, 11) is 1.80. The number of thiazole rings is 1. The number of hydrogen-bond donors (Lipinski definition) is 2. The van der Waals surface area contributed by atoms with Crippen molar-refractivity contribution in [2.75, 3.05) is 33.2 Å². The van der Waals surface area contributed by atoms with Crippen LogP contribution in [0.5, 0.6) is 0 Å². The maximum absolute atomic E-state index is 5.65. The zero-order valence-corrected chi connectivity index (χ0v) is 17.3. The number of hydrogen-bond acceptors (Lipinski definition) is 5. The average Bonchev–Trinajstić information content (AvgIpc) is 3.27. The van der Waals surface area contributed by atoms with Crippen LogP contribution in [0.3, 0.4) is 0 Å². The molecule has 2 heterocycles. The van der Waals surface area contributed by atoms with Crippen LogP contribution in [0.1, 0.15) is 41.2 Å². The Kier molecular flexibility index (Phi) is 8.12. The molecule has 6 nitrogen and oxygen atoms in total. The molecule has 0 aromatic carbocycles. The van der Waals surface area contributed by atoms with Crippen LogP contribution in [-0.4, -0.2) is 49.1 Å². The van der Waals surface area contributed by atoms with E-state index >= 15 is 0 Å². The second-order valence-corrected chi connectivity index (χ2v) is 7.42. The summed E-state index contributed by atoms with van der Waals surface area (Å²) in [5, 5.41) is 7.97. The maximum Gasteiger partial charge on any atom is 0.191 e. The van der Waals surface area contributed by atoms with Crippen molar-refractivity contribution in [2.24, 2.45) is 4.99 Å². The lowest BCUT2D eigenvalue weighted by Gasteiger charge is -2.28. The van der Waals surface area contributed by atoms with Crippen LogP contribution in [0.15, 0.2) is 27.8 Å². The SMILES string of the molecule is CCN(CC)C(CNC(=NC)NCCc1nc(C)c(C)s1)c1ccco1. The molecule has 2 aromatic rings. The molecule has 144 valence electrons. The highest BCUT2D eigenvalue weighted by atomic mass is 32.1. The van der Waals surface area contributed by atoms with Crippen molar-refractivity contribution in [3.63, 3.8) is 0 Å². The van der Waals surface area contributed by atoms with Crippen molar-refractivity contribution < 1.29 is 4.42 Å². The van der Waals surface area contributed by atoms with E-state index in [1.807, 2.05) is 12.1 Å². The fraction of sp³-hybridized carbons (Fsp3) is 0.579. The monoisotopic (exact) mass is 377 g/mol. The van der Waals surface area contributed by atoms with Crippen LogP contribution < -0.4 is 10.6 Å². The summed E-state index contributed by atoms with van der Waals surface area (Å²) in [6, 6.07) is 4.16. The molecule has 0 saturated heterocycles. The summed E-state index contributed by atoms with van der Waals surface area (Å²) in [4.78, 5) is 12.6. The normalized spacial score (nSPS) is 13.2. The standard InChI is InChI=1S/C19H31N5OS/c1-6-24(7-2)16(17-9-8-12-25-17)13-22-19(20-5)21-11-10-18-23-14(3)15(4)26-18/h8-9,12,16H,6-7,10-11,13H2,1-5H3,(H2,20,21,22). The van der Waals surface area contributed by atoms with Gasteiger partial charge < -0.3 is 15.1 Å². The zero-order chi connectivity index (χ0) is 18.9. The zero-order valence-electron chi connectivity index (χ0n) is 16.5. The molecule has 2 aromatic heterocycles. The highest BCUT2D eigenvalue weighted by Crippen LogP contribution is 2.20. The molecule has 0 bridgehead atoms. The first-order chi connectivity index (χ1) is 12.6. The van der Waals surface area contributed by atoms with Crippen molar-refractivity contribution >= 4 is 17.3 Å². The number of rotatable bonds is 9. The molecule has 0 spiro atoms. The van der Waals surface area contributed by atoms with Gasteiger partial charge in [0.05, 0.1) is 23.0 Å². The first-order valence-electron chi connectivity index (χ1n) is 9.23. The highest BCUT2D eigenvalue weighted by Gasteiger charge is 2.20. The lowest BCUT2D eigenvalue weighted by Crippen LogP contribution is -2.43. The van der Waals surface area contributed by atoms with Crippen LogP contribution in [0.25, 0.3) is 0 Å². The second kappa shape index (κ2) is 10.3. The number of aromatic nitrogens is 1. The summed E-state index contributed by atoms with van der Waals surface area (Å²) in [6.07, 6.45) is 2.63. The van der Waals surface area contributed by atoms with Gasteiger partial charge in [-0.15, -0.1) is 11.3 Å². The van der Waals surface area contributed by atoms with E-state index < -0.39 is 0 Å². The van der Waals surface area contributed by atoms with Gasteiger partial charge in [0.2, 0.25) is 0 Å². The predicted octanol–water partition coefficient (Wildman–Crippen LogP) is 3.14. The Bertz CT molecular complexity index is 657. The van der Waals surface area contributed by atoms with Gasteiger partial charge in [0.1, 0.15) is 5.76 Å². The third-order valence-electron chi connectivity index (χ3n) is 4.52. The van der Waals surface area contributed by atoms with Gasteiger partial charge in [-0.2, -0.15) is 0 Å². The number of aliphatic imine (C=N–C) groups is 1. The Morgan fingerprint density at radius 3 is 2.62 bits per heavy atom. The molecule has 1 unspecified atom stereocenters. The van der Waals surface area contributed by atoms with E-state index in [4.69, 9.17) is 4.42 Å². The number of nitrogens with one attached hydrogen (secondary N) is 2. The van der Waals surface area contributed by atoms with Gasteiger partial charge in [-0.25, -0.2) is 4.98 Å². The summed E-state index contributed by atoms with van der Waals surface area (Å²) >= 11 is 1.77. The summed E-state index contributed by atoms with van der Waals surface area (Å²) in [5.41, 5.74) is 1.13. The molecule has 0 radical (unpaired) electrons. The second-order valence-electron chi connectivity index (χ2n) is 6.13. The van der Waals surface area contributed by atoms with Crippen molar-refractivity contribution in [1.29, 1.82) is 0 Å². The molecular formula is C19H31N5OS. The molecule has 0 aliphatic rings. The number of guanidine groups is 1. The van der Waals surface area contributed by atoms with Crippen LogP contribution in [-0.2, 0) is 6.42 Å². The minimum atomic E-state index is 0.183. The maximum atomic E-state index is 5.65. The lowest BCUT2D eigenvalue weighted by molar-refractivity contribution is 0.193. The van der Waals surface area contributed by atoms with E-state index in [0.29, 0.717) is 0 Å². The van der Waals surface area contributed by atoms with Crippen LogP contribution in [0, 0.1) is 13.8 Å². The van der Waals surface area contributed by atoms with Crippen LogP contribution >= 0.6 is 11.3 Å². The molecule has 0 amide bonds. The number of furan rings is 1. The topological polar surface area (TPSA) is 65.7 Å². The lowest BCUT2D eigenvalue weighted by atomic mass is 10.2. The van der Waals surface area contributed by atoms with E-state index in [1.165, 1.54) is 9.88 Å². The predicted molar refractivity (Wildman–Crippen MR) is 109 cm³/mol. The Labute approximate surface area is 160 Å². The van der Waals surface area contributed by atoms with Gasteiger partial charge in [-0.3, -0.25) is 9.89 Å². The molecule has 0 aliphatic heterocycles. The van der Waals surface area contributed by atoms with E-state index in [0.717, 1.165) is 50.0 Å². The minimum Gasteiger partial charge on any atom is -0.468 e. The fourth-order valence-corrected chi connectivity index (χ4v) is 3.84. The van der Waals surface area contributed by atoms with Crippen LogP contribution in [0.4, 0.5) is 0 Å². The molecule has 2 rings (SSSR count). The molecule has 1 atom stereocenters. The van der Waals surface area contributed by atoms with Gasteiger partial charge in [-0.1, -0.05) is 13.8 Å². The summed E-state index contributed by atoms with van der Waals surface area (Å²) < 4.78 is 5.65. The quantitative estimate of drug-likeness (QED) is 0.519. The number of likely N-dealkylation sites (N-methyl/N-ethyl adjacent to an activating group) is 1. The number of nitrogens with zero attached hydrogens (tertiary/aromatic N) is 3. The Balaban J connectivity index is 1.87. The molecule has 2 N–H and O–H groups in total. The van der Waals surface area contributed by atoms with E-state index in [2.05, 4.69) is 53.2 Å². The largest absolute Gasteiger partial charge is 0.468 e. The smallest absolute Gasteiger partial charge is 0.191 e. The molecule has 0 saturated carbocycles. The van der Waals surface area contributed by atoms with Gasteiger partial charge in [0.15, 0.2) is 5.96 Å². The Hall–Kier alpha value is -1.86. The molecule has 0 fully saturated rings. The first kappa shape index (κ1) is 20.5. The minimum absolute atomic E-state index is 0.183. The van der Waals surface area contributed by atoms with Crippen molar-refractivity contribution in [3.8, 4) is 0 Å². The van der Waals surface area contributed by atoms with Gasteiger partial charge in [0.25, 0.3) is 0 Å². The summed E-state index contributed by atoms with van der Waals surface area (Å²) in [5.74, 6) is 1.78. The molecular weight excluding hydrogens is 346 g/mol.